The molecule has 0 saturated heterocycles. The Kier molecular flexibility index (Phi) is 5.34. The molecule has 0 fully saturated rings. The van der Waals surface area contributed by atoms with Gasteiger partial charge in [0.25, 0.3) is 5.91 Å². The van der Waals surface area contributed by atoms with Crippen LogP contribution in [0.2, 0.25) is 0 Å². The summed E-state index contributed by atoms with van der Waals surface area (Å²) in [6, 6.07) is 7.35. The average molecular weight is 403 g/mol. The summed E-state index contributed by atoms with van der Waals surface area (Å²) in [5.41, 5.74) is 0.607. The maximum Gasteiger partial charge on any atom is 0.257 e. The fraction of sp³-hybridized carbons (Fsp3) is 0.0833. The summed E-state index contributed by atoms with van der Waals surface area (Å²) in [6.45, 7) is 3.64. The Balaban J connectivity index is 2.00. The van der Waals surface area contributed by atoms with Crippen molar-refractivity contribution in [2.45, 2.75) is 4.34 Å². The first-order valence-electron chi connectivity index (χ1n) is 5.33. The molecule has 4 nitrogen and oxygen atoms in total. The van der Waals surface area contributed by atoms with Crippen molar-refractivity contribution in [3.05, 3.63) is 46.1 Å². The van der Waals surface area contributed by atoms with Gasteiger partial charge in [0.05, 0.1) is 0 Å². The average Bonchev–Trinajstić information content (AvgIpc) is 2.84. The van der Waals surface area contributed by atoms with Crippen molar-refractivity contribution in [2.75, 3.05) is 11.1 Å². The summed E-state index contributed by atoms with van der Waals surface area (Å²) < 4.78 is 1.91. The molecule has 1 aromatic carbocycles. The molecule has 0 unspecified atom stereocenters. The summed E-state index contributed by atoms with van der Waals surface area (Å²) in [4.78, 5) is 12.0. The molecule has 1 heterocycles. The van der Waals surface area contributed by atoms with Gasteiger partial charge in [-0.2, -0.15) is 0 Å². The minimum Gasteiger partial charge on any atom is -0.296 e. The lowest BCUT2D eigenvalue weighted by Gasteiger charge is -2.00. The molecule has 98 valence electrons. The maximum atomic E-state index is 12.0. The van der Waals surface area contributed by atoms with E-state index in [1.54, 1.807) is 30.0 Å². The monoisotopic (exact) mass is 403 g/mol. The highest BCUT2D eigenvalue weighted by molar-refractivity contribution is 14.1. The molecule has 0 bridgehead atoms. The number of thioether (sulfide) groups is 1. The first-order valence-corrected chi connectivity index (χ1v) is 8.21. The molecular weight excluding hydrogens is 393 g/mol. The van der Waals surface area contributed by atoms with Crippen LogP contribution in [0.3, 0.4) is 0 Å². The Morgan fingerprint density at radius 3 is 2.84 bits per heavy atom. The van der Waals surface area contributed by atoms with Crippen LogP contribution in [0.5, 0.6) is 0 Å². The summed E-state index contributed by atoms with van der Waals surface area (Å²) >= 11 is 5.10. The van der Waals surface area contributed by atoms with Crippen molar-refractivity contribution >= 4 is 56.7 Å². The normalized spacial score (nSPS) is 10.2. The molecule has 0 aliphatic carbocycles. The Morgan fingerprint density at radius 2 is 2.16 bits per heavy atom. The fourth-order valence-corrected chi connectivity index (χ4v) is 3.09. The standard InChI is InChI=1S/C12H10IN3OS2/c1-2-7-18-12-16-15-11(19-12)14-10(17)8-3-5-9(13)6-4-8/h2-6H,1,7H2,(H,14,15,17). The van der Waals surface area contributed by atoms with Gasteiger partial charge in [0.1, 0.15) is 0 Å². The number of hydrogen-bond acceptors (Lipinski definition) is 5. The van der Waals surface area contributed by atoms with Crippen molar-refractivity contribution in [2.24, 2.45) is 0 Å². The minimum absolute atomic E-state index is 0.173. The van der Waals surface area contributed by atoms with Gasteiger partial charge in [0.2, 0.25) is 5.13 Å². The quantitative estimate of drug-likeness (QED) is 0.358. The molecule has 19 heavy (non-hydrogen) atoms. The predicted molar refractivity (Wildman–Crippen MR) is 87.9 cm³/mol. The van der Waals surface area contributed by atoms with E-state index >= 15 is 0 Å². The largest absolute Gasteiger partial charge is 0.296 e. The number of nitrogens with one attached hydrogen (secondary N) is 1. The lowest BCUT2D eigenvalue weighted by molar-refractivity contribution is 0.102. The summed E-state index contributed by atoms with van der Waals surface area (Å²) in [6.07, 6.45) is 1.80. The lowest BCUT2D eigenvalue weighted by Crippen LogP contribution is -2.11. The van der Waals surface area contributed by atoms with E-state index in [0.29, 0.717) is 10.7 Å². The molecular formula is C12H10IN3OS2. The second kappa shape index (κ2) is 7.01. The number of anilines is 1. The molecule has 0 spiro atoms. The summed E-state index contributed by atoms with van der Waals surface area (Å²) in [5, 5.41) is 11.2. The van der Waals surface area contributed by atoms with Gasteiger partial charge in [-0.05, 0) is 46.9 Å². The highest BCUT2D eigenvalue weighted by Gasteiger charge is 2.10. The zero-order valence-electron chi connectivity index (χ0n) is 9.80. The highest BCUT2D eigenvalue weighted by Crippen LogP contribution is 2.25. The predicted octanol–water partition coefficient (Wildman–Crippen LogP) is 3.67. The van der Waals surface area contributed by atoms with Crippen LogP contribution in [-0.4, -0.2) is 21.9 Å². The summed E-state index contributed by atoms with van der Waals surface area (Å²) in [7, 11) is 0. The fourth-order valence-electron chi connectivity index (χ4n) is 1.22. The van der Waals surface area contributed by atoms with Gasteiger partial charge in [0, 0.05) is 14.9 Å². The summed E-state index contributed by atoms with van der Waals surface area (Å²) in [5.74, 6) is 0.604. The third-order valence-corrected chi connectivity index (χ3v) is 4.75. The molecule has 2 rings (SSSR count). The SMILES string of the molecule is C=CCSc1nnc(NC(=O)c2ccc(I)cc2)s1. The first-order chi connectivity index (χ1) is 9.19. The van der Waals surface area contributed by atoms with E-state index < -0.39 is 0 Å². The zero-order chi connectivity index (χ0) is 13.7. The van der Waals surface area contributed by atoms with Crippen LogP contribution in [0.15, 0.2) is 41.3 Å². The van der Waals surface area contributed by atoms with Gasteiger partial charge in [0.15, 0.2) is 4.34 Å². The van der Waals surface area contributed by atoms with Crippen molar-refractivity contribution in [3.8, 4) is 0 Å². The number of rotatable bonds is 5. The molecule has 1 aromatic heterocycles. The topological polar surface area (TPSA) is 54.9 Å². The van der Waals surface area contributed by atoms with Crippen LogP contribution in [0.1, 0.15) is 10.4 Å². The third-order valence-electron chi connectivity index (χ3n) is 2.06. The van der Waals surface area contributed by atoms with E-state index in [4.69, 9.17) is 0 Å². The van der Waals surface area contributed by atoms with Gasteiger partial charge in [-0.15, -0.1) is 16.8 Å². The molecule has 0 aliphatic rings. The van der Waals surface area contributed by atoms with Crippen molar-refractivity contribution in [1.29, 1.82) is 0 Å². The molecule has 1 amide bonds. The van der Waals surface area contributed by atoms with Gasteiger partial charge in [-0.3, -0.25) is 10.1 Å². The Bertz CT molecular complexity index is 583. The van der Waals surface area contributed by atoms with Crippen LogP contribution in [0.4, 0.5) is 5.13 Å². The van der Waals surface area contributed by atoms with Crippen molar-refractivity contribution < 1.29 is 4.79 Å². The van der Waals surface area contributed by atoms with E-state index in [0.717, 1.165) is 13.7 Å². The molecule has 0 radical (unpaired) electrons. The molecule has 2 aromatic rings. The molecule has 0 saturated carbocycles. The van der Waals surface area contributed by atoms with Crippen molar-refractivity contribution in [1.82, 2.24) is 10.2 Å². The number of amides is 1. The van der Waals surface area contributed by atoms with E-state index in [-0.39, 0.29) is 5.91 Å². The number of halogens is 1. The molecule has 1 N–H and O–H groups in total. The van der Waals surface area contributed by atoms with E-state index in [9.17, 15) is 4.79 Å². The van der Waals surface area contributed by atoms with E-state index in [1.165, 1.54) is 11.3 Å². The Morgan fingerprint density at radius 1 is 1.42 bits per heavy atom. The Hall–Kier alpha value is -0.930. The van der Waals surface area contributed by atoms with Gasteiger partial charge < -0.3 is 0 Å². The molecule has 7 heteroatoms. The van der Waals surface area contributed by atoms with Gasteiger partial charge in [-0.1, -0.05) is 29.2 Å². The van der Waals surface area contributed by atoms with Gasteiger partial charge in [-0.25, -0.2) is 0 Å². The minimum atomic E-state index is -0.173. The van der Waals surface area contributed by atoms with Crippen LogP contribution in [0, 0.1) is 3.57 Å². The molecule has 0 aliphatic heterocycles. The smallest absolute Gasteiger partial charge is 0.257 e. The lowest BCUT2D eigenvalue weighted by atomic mass is 10.2. The third kappa shape index (κ3) is 4.29. The van der Waals surface area contributed by atoms with Crippen molar-refractivity contribution in [3.63, 3.8) is 0 Å². The highest BCUT2D eigenvalue weighted by atomic mass is 127. The van der Waals surface area contributed by atoms with E-state index in [1.807, 2.05) is 12.1 Å². The maximum absolute atomic E-state index is 12.0. The van der Waals surface area contributed by atoms with Crippen LogP contribution < -0.4 is 5.32 Å². The Labute approximate surface area is 132 Å². The number of carbonyl (C=O) groups is 1. The van der Waals surface area contributed by atoms with Crippen LogP contribution >= 0.6 is 45.7 Å². The number of hydrogen-bond donors (Lipinski definition) is 1. The second-order valence-corrected chi connectivity index (χ2v) is 6.92. The zero-order valence-corrected chi connectivity index (χ0v) is 13.6. The second-order valence-electron chi connectivity index (χ2n) is 3.43. The first kappa shape index (κ1) is 14.5. The number of nitrogens with zero attached hydrogens (tertiary/aromatic N) is 2. The number of carbonyl (C=O) groups excluding carboxylic acids is 1. The van der Waals surface area contributed by atoms with Crippen LogP contribution in [0.25, 0.3) is 0 Å². The number of benzene rings is 1. The molecule has 0 atom stereocenters. The number of aromatic nitrogens is 2. The van der Waals surface area contributed by atoms with E-state index in [2.05, 4.69) is 44.7 Å². The van der Waals surface area contributed by atoms with Crippen LogP contribution in [-0.2, 0) is 0 Å². The van der Waals surface area contributed by atoms with Gasteiger partial charge >= 0.3 is 0 Å².